The lowest BCUT2D eigenvalue weighted by atomic mass is 9.95. The maximum absolute atomic E-state index is 10.1. The first-order valence-corrected chi connectivity index (χ1v) is 7.13. The average molecular weight is 254 g/mol. The summed E-state index contributed by atoms with van der Waals surface area (Å²) < 4.78 is 0. The van der Waals surface area contributed by atoms with Gasteiger partial charge in [0.1, 0.15) is 5.75 Å². The summed E-state index contributed by atoms with van der Waals surface area (Å²) >= 11 is 0. The normalized spacial score (nSPS) is 10.7. The van der Waals surface area contributed by atoms with Gasteiger partial charge >= 0.3 is 0 Å². The summed E-state index contributed by atoms with van der Waals surface area (Å²) in [7, 11) is 0. The van der Waals surface area contributed by atoms with Crippen LogP contribution < -0.4 is 0 Å². The van der Waals surface area contributed by atoms with Crippen molar-refractivity contribution in [3.05, 3.63) is 53.1 Å². The standard InChI is InChI=1S/C18H22O/c1-4-13-7-10-18(19)17(11-13)16-9-8-14(5-2)15(6-3)12-16/h7-12,19H,4-6H2,1-3H3. The molecule has 0 bridgehead atoms. The van der Waals surface area contributed by atoms with Gasteiger partial charge in [-0.05, 0) is 53.6 Å². The molecule has 100 valence electrons. The molecule has 0 unspecified atom stereocenters. The van der Waals surface area contributed by atoms with Crippen LogP contribution in [0.1, 0.15) is 37.5 Å². The van der Waals surface area contributed by atoms with E-state index in [1.54, 1.807) is 6.07 Å². The van der Waals surface area contributed by atoms with Crippen molar-refractivity contribution in [1.29, 1.82) is 0 Å². The molecule has 0 saturated carbocycles. The number of phenols is 1. The van der Waals surface area contributed by atoms with Gasteiger partial charge in [-0.3, -0.25) is 0 Å². The van der Waals surface area contributed by atoms with E-state index >= 15 is 0 Å². The van der Waals surface area contributed by atoms with Crippen LogP contribution in [-0.4, -0.2) is 5.11 Å². The molecular formula is C18H22O. The molecule has 19 heavy (non-hydrogen) atoms. The zero-order valence-corrected chi connectivity index (χ0v) is 12.0. The second-order valence-electron chi connectivity index (χ2n) is 4.90. The minimum atomic E-state index is 0.364. The lowest BCUT2D eigenvalue weighted by Gasteiger charge is -2.11. The SMILES string of the molecule is CCc1ccc(O)c(-c2ccc(CC)c(CC)c2)c1. The predicted molar refractivity (Wildman–Crippen MR) is 81.7 cm³/mol. The van der Waals surface area contributed by atoms with Crippen LogP contribution >= 0.6 is 0 Å². The highest BCUT2D eigenvalue weighted by atomic mass is 16.3. The quantitative estimate of drug-likeness (QED) is 0.835. The Morgan fingerprint density at radius 2 is 1.53 bits per heavy atom. The second kappa shape index (κ2) is 5.92. The zero-order chi connectivity index (χ0) is 13.8. The Bertz CT molecular complexity index is 570. The summed E-state index contributed by atoms with van der Waals surface area (Å²) in [6.45, 7) is 6.50. The molecule has 2 aromatic carbocycles. The topological polar surface area (TPSA) is 20.2 Å². The van der Waals surface area contributed by atoms with Crippen molar-refractivity contribution in [1.82, 2.24) is 0 Å². The molecule has 0 aliphatic heterocycles. The number of hydrogen-bond donors (Lipinski definition) is 1. The van der Waals surface area contributed by atoms with Gasteiger partial charge in [0.25, 0.3) is 0 Å². The number of phenolic OH excluding ortho intramolecular Hbond substituents is 1. The number of hydrogen-bond acceptors (Lipinski definition) is 1. The lowest BCUT2D eigenvalue weighted by Crippen LogP contribution is -1.92. The van der Waals surface area contributed by atoms with Crippen molar-refractivity contribution in [3.8, 4) is 16.9 Å². The van der Waals surface area contributed by atoms with Gasteiger partial charge in [0.15, 0.2) is 0 Å². The number of aryl methyl sites for hydroxylation is 3. The largest absolute Gasteiger partial charge is 0.507 e. The highest BCUT2D eigenvalue weighted by Gasteiger charge is 2.07. The van der Waals surface area contributed by atoms with E-state index in [-0.39, 0.29) is 0 Å². The van der Waals surface area contributed by atoms with E-state index in [0.717, 1.165) is 30.4 Å². The molecule has 0 spiro atoms. The molecule has 1 heteroatoms. The smallest absolute Gasteiger partial charge is 0.123 e. The Morgan fingerprint density at radius 3 is 2.16 bits per heavy atom. The lowest BCUT2D eigenvalue weighted by molar-refractivity contribution is 0.477. The third-order valence-electron chi connectivity index (χ3n) is 3.75. The van der Waals surface area contributed by atoms with E-state index in [4.69, 9.17) is 0 Å². The van der Waals surface area contributed by atoms with Gasteiger partial charge in [-0.25, -0.2) is 0 Å². The minimum absolute atomic E-state index is 0.364. The van der Waals surface area contributed by atoms with Crippen molar-refractivity contribution in [2.24, 2.45) is 0 Å². The van der Waals surface area contributed by atoms with Crippen LogP contribution in [0, 0.1) is 0 Å². The fourth-order valence-corrected chi connectivity index (χ4v) is 2.50. The van der Waals surface area contributed by atoms with Gasteiger partial charge in [-0.1, -0.05) is 45.0 Å². The summed E-state index contributed by atoms with van der Waals surface area (Å²) in [5, 5.41) is 10.1. The number of benzene rings is 2. The highest BCUT2D eigenvalue weighted by Crippen LogP contribution is 2.31. The summed E-state index contributed by atoms with van der Waals surface area (Å²) in [6, 6.07) is 12.4. The average Bonchev–Trinajstić information content (AvgIpc) is 2.47. The van der Waals surface area contributed by atoms with Crippen LogP contribution in [0.4, 0.5) is 0 Å². The first-order chi connectivity index (χ1) is 9.19. The Balaban J connectivity index is 2.52. The zero-order valence-electron chi connectivity index (χ0n) is 12.0. The van der Waals surface area contributed by atoms with Crippen molar-refractivity contribution < 1.29 is 5.11 Å². The molecule has 2 aromatic rings. The molecule has 0 aromatic heterocycles. The van der Waals surface area contributed by atoms with Crippen molar-refractivity contribution >= 4 is 0 Å². The van der Waals surface area contributed by atoms with E-state index in [1.807, 2.05) is 6.07 Å². The van der Waals surface area contributed by atoms with Gasteiger partial charge in [0.2, 0.25) is 0 Å². The molecule has 0 fully saturated rings. The molecule has 2 rings (SSSR count). The molecule has 0 radical (unpaired) electrons. The molecule has 0 aliphatic carbocycles. The van der Waals surface area contributed by atoms with Crippen LogP contribution in [0.3, 0.4) is 0 Å². The second-order valence-corrected chi connectivity index (χ2v) is 4.90. The van der Waals surface area contributed by atoms with E-state index in [9.17, 15) is 5.11 Å². The van der Waals surface area contributed by atoms with Crippen LogP contribution in [0.15, 0.2) is 36.4 Å². The van der Waals surface area contributed by atoms with Crippen LogP contribution in [0.2, 0.25) is 0 Å². The van der Waals surface area contributed by atoms with Crippen molar-refractivity contribution in [3.63, 3.8) is 0 Å². The molecule has 1 nitrogen and oxygen atoms in total. The molecule has 1 N–H and O–H groups in total. The predicted octanol–water partition coefficient (Wildman–Crippen LogP) is 4.75. The fourth-order valence-electron chi connectivity index (χ4n) is 2.50. The van der Waals surface area contributed by atoms with Gasteiger partial charge in [0.05, 0.1) is 0 Å². The molecule has 0 saturated heterocycles. The third-order valence-corrected chi connectivity index (χ3v) is 3.75. The first kappa shape index (κ1) is 13.7. The number of aromatic hydroxyl groups is 1. The van der Waals surface area contributed by atoms with Crippen molar-refractivity contribution in [2.75, 3.05) is 0 Å². The Morgan fingerprint density at radius 1 is 0.789 bits per heavy atom. The van der Waals surface area contributed by atoms with E-state index in [0.29, 0.717) is 5.75 Å². The van der Waals surface area contributed by atoms with Gasteiger partial charge < -0.3 is 5.11 Å². The molecule has 0 amide bonds. The van der Waals surface area contributed by atoms with E-state index < -0.39 is 0 Å². The molecule has 0 heterocycles. The molecule has 0 aliphatic rings. The molecular weight excluding hydrogens is 232 g/mol. The summed E-state index contributed by atoms with van der Waals surface area (Å²) in [5.41, 5.74) is 6.09. The summed E-state index contributed by atoms with van der Waals surface area (Å²) in [6.07, 6.45) is 3.08. The Hall–Kier alpha value is -1.76. The Kier molecular flexibility index (Phi) is 4.26. The number of rotatable bonds is 4. The Labute approximate surface area is 115 Å². The van der Waals surface area contributed by atoms with Crippen LogP contribution in [0.25, 0.3) is 11.1 Å². The van der Waals surface area contributed by atoms with Crippen LogP contribution in [-0.2, 0) is 19.3 Å². The molecule has 0 atom stereocenters. The maximum atomic E-state index is 10.1. The monoisotopic (exact) mass is 254 g/mol. The van der Waals surface area contributed by atoms with E-state index in [2.05, 4.69) is 45.0 Å². The maximum Gasteiger partial charge on any atom is 0.123 e. The highest BCUT2D eigenvalue weighted by molar-refractivity contribution is 5.71. The van der Waals surface area contributed by atoms with Gasteiger partial charge in [0, 0.05) is 5.56 Å². The van der Waals surface area contributed by atoms with Crippen LogP contribution in [0.5, 0.6) is 5.75 Å². The summed E-state index contributed by atoms with van der Waals surface area (Å²) in [5.74, 6) is 0.364. The first-order valence-electron chi connectivity index (χ1n) is 7.13. The van der Waals surface area contributed by atoms with Crippen molar-refractivity contribution in [2.45, 2.75) is 40.0 Å². The van der Waals surface area contributed by atoms with Gasteiger partial charge in [-0.2, -0.15) is 0 Å². The minimum Gasteiger partial charge on any atom is -0.507 e. The third kappa shape index (κ3) is 2.81. The fraction of sp³-hybridized carbons (Fsp3) is 0.333. The summed E-state index contributed by atoms with van der Waals surface area (Å²) in [4.78, 5) is 0. The van der Waals surface area contributed by atoms with E-state index in [1.165, 1.54) is 16.7 Å². The van der Waals surface area contributed by atoms with Gasteiger partial charge in [-0.15, -0.1) is 0 Å².